The average molecular weight is 402 g/mol. The van der Waals surface area contributed by atoms with Gasteiger partial charge >= 0.3 is 6.18 Å². The number of aromatic nitrogens is 1. The second-order valence-electron chi connectivity index (χ2n) is 5.39. The molecule has 148 valence electrons. The van der Waals surface area contributed by atoms with Gasteiger partial charge in [0.2, 0.25) is 0 Å². The van der Waals surface area contributed by atoms with Crippen molar-refractivity contribution in [1.29, 1.82) is 0 Å². The molecule has 1 aromatic carbocycles. The van der Waals surface area contributed by atoms with E-state index in [0.717, 1.165) is 28.0 Å². The lowest BCUT2D eigenvalue weighted by molar-refractivity contribution is -0.140. The second-order valence-corrected chi connectivity index (χ2v) is 6.33. The van der Waals surface area contributed by atoms with Crippen LogP contribution in [0.25, 0.3) is 0 Å². The van der Waals surface area contributed by atoms with Crippen LogP contribution in [0.15, 0.2) is 34.6 Å². The first kappa shape index (κ1) is 21.0. The van der Waals surface area contributed by atoms with Gasteiger partial charge in [-0.25, -0.2) is 4.98 Å². The first-order valence-corrected chi connectivity index (χ1v) is 8.97. The van der Waals surface area contributed by atoms with Gasteiger partial charge in [-0.3, -0.25) is 4.99 Å². The standard InChI is InChI=1S/C17H21F3N4O2S/c1-21-16(23-10-15-24-14(11-27-15)17(18,19)20)22-9-12-3-5-13(6-4-12)26-8-7-25-2/h3-6,11H,7-10H2,1-2H3,(H2,21,22,23). The van der Waals surface area contributed by atoms with E-state index >= 15 is 0 Å². The fraction of sp³-hybridized carbons (Fsp3) is 0.412. The van der Waals surface area contributed by atoms with E-state index in [1.54, 1.807) is 14.2 Å². The third-order valence-electron chi connectivity index (χ3n) is 3.41. The molecule has 0 fully saturated rings. The van der Waals surface area contributed by atoms with Crippen LogP contribution in [0, 0.1) is 0 Å². The van der Waals surface area contributed by atoms with Gasteiger partial charge in [-0.05, 0) is 17.7 Å². The molecule has 2 N–H and O–H groups in total. The third-order valence-corrected chi connectivity index (χ3v) is 4.26. The maximum absolute atomic E-state index is 12.6. The Morgan fingerprint density at radius 3 is 2.44 bits per heavy atom. The Balaban J connectivity index is 1.79. The molecule has 1 heterocycles. The van der Waals surface area contributed by atoms with Crippen molar-refractivity contribution < 1.29 is 22.6 Å². The fourth-order valence-corrected chi connectivity index (χ4v) is 2.77. The normalized spacial score (nSPS) is 12.1. The number of hydrogen-bond acceptors (Lipinski definition) is 5. The highest BCUT2D eigenvalue weighted by molar-refractivity contribution is 7.09. The highest BCUT2D eigenvalue weighted by Crippen LogP contribution is 2.29. The van der Waals surface area contributed by atoms with Gasteiger partial charge in [-0.2, -0.15) is 13.2 Å². The molecule has 0 spiro atoms. The first-order valence-electron chi connectivity index (χ1n) is 8.09. The summed E-state index contributed by atoms with van der Waals surface area (Å²) in [6.07, 6.45) is -4.42. The molecule has 6 nitrogen and oxygen atoms in total. The highest BCUT2D eigenvalue weighted by atomic mass is 32.1. The summed E-state index contributed by atoms with van der Waals surface area (Å²) in [6.45, 7) is 1.67. The summed E-state index contributed by atoms with van der Waals surface area (Å²) < 4.78 is 48.1. The Morgan fingerprint density at radius 1 is 1.15 bits per heavy atom. The van der Waals surface area contributed by atoms with E-state index in [1.165, 1.54) is 0 Å². The molecule has 0 atom stereocenters. The summed E-state index contributed by atoms with van der Waals surface area (Å²) in [6, 6.07) is 7.55. The van der Waals surface area contributed by atoms with Crippen LogP contribution in [-0.2, 0) is 24.0 Å². The zero-order valence-electron chi connectivity index (χ0n) is 15.0. The smallest absolute Gasteiger partial charge is 0.434 e. The van der Waals surface area contributed by atoms with Crippen molar-refractivity contribution in [3.8, 4) is 5.75 Å². The van der Waals surface area contributed by atoms with Crippen molar-refractivity contribution >= 4 is 17.3 Å². The molecule has 0 bridgehead atoms. The minimum atomic E-state index is -4.42. The zero-order chi connectivity index (χ0) is 19.7. The minimum Gasteiger partial charge on any atom is -0.491 e. The molecule has 27 heavy (non-hydrogen) atoms. The van der Waals surface area contributed by atoms with Crippen LogP contribution in [0.4, 0.5) is 13.2 Å². The molecule has 2 aromatic rings. The predicted molar refractivity (Wildman–Crippen MR) is 98.0 cm³/mol. The average Bonchev–Trinajstić information content (AvgIpc) is 3.13. The number of alkyl halides is 3. The number of aliphatic imine (C=N–C) groups is 1. The van der Waals surface area contributed by atoms with Crippen LogP contribution in [0.2, 0.25) is 0 Å². The summed E-state index contributed by atoms with van der Waals surface area (Å²) in [4.78, 5) is 7.62. The van der Waals surface area contributed by atoms with Gasteiger partial charge in [0.1, 0.15) is 17.4 Å². The lowest BCUT2D eigenvalue weighted by Gasteiger charge is -2.11. The largest absolute Gasteiger partial charge is 0.491 e. The van der Waals surface area contributed by atoms with Gasteiger partial charge in [-0.1, -0.05) is 12.1 Å². The maximum atomic E-state index is 12.6. The van der Waals surface area contributed by atoms with Gasteiger partial charge in [0, 0.05) is 26.1 Å². The maximum Gasteiger partial charge on any atom is 0.434 e. The number of nitrogens with one attached hydrogen (secondary N) is 2. The van der Waals surface area contributed by atoms with E-state index in [4.69, 9.17) is 9.47 Å². The molecule has 0 aliphatic rings. The molecule has 0 saturated carbocycles. The minimum absolute atomic E-state index is 0.159. The second kappa shape index (κ2) is 10.1. The lowest BCUT2D eigenvalue weighted by Crippen LogP contribution is -2.36. The van der Waals surface area contributed by atoms with E-state index in [9.17, 15) is 13.2 Å². The molecule has 0 radical (unpaired) electrons. The third kappa shape index (κ3) is 7.06. The number of guanidine groups is 1. The summed E-state index contributed by atoms with van der Waals surface area (Å²) in [5, 5.41) is 7.38. The van der Waals surface area contributed by atoms with Crippen LogP contribution < -0.4 is 15.4 Å². The van der Waals surface area contributed by atoms with E-state index in [1.807, 2.05) is 24.3 Å². The van der Waals surface area contributed by atoms with Crippen molar-refractivity contribution in [2.75, 3.05) is 27.4 Å². The summed E-state index contributed by atoms with van der Waals surface area (Å²) >= 11 is 0.954. The first-order chi connectivity index (χ1) is 12.9. The molecule has 0 unspecified atom stereocenters. The number of hydrogen-bond donors (Lipinski definition) is 2. The SMILES string of the molecule is CN=C(NCc1ccc(OCCOC)cc1)NCc1nc(C(F)(F)F)cs1. The topological polar surface area (TPSA) is 67.8 Å². The Labute approximate surface area is 159 Å². The van der Waals surface area contributed by atoms with Gasteiger partial charge in [0.05, 0.1) is 13.2 Å². The van der Waals surface area contributed by atoms with Gasteiger partial charge in [0.15, 0.2) is 11.7 Å². The fourth-order valence-electron chi connectivity index (χ4n) is 2.03. The van der Waals surface area contributed by atoms with Crippen molar-refractivity contribution in [1.82, 2.24) is 15.6 Å². The Bertz CT molecular complexity index is 733. The number of nitrogens with zero attached hydrogens (tertiary/aromatic N) is 2. The van der Waals surface area contributed by atoms with Crippen LogP contribution in [0.3, 0.4) is 0 Å². The molecule has 10 heteroatoms. The van der Waals surface area contributed by atoms with Gasteiger partial charge < -0.3 is 20.1 Å². The van der Waals surface area contributed by atoms with Crippen molar-refractivity contribution in [3.05, 3.63) is 45.9 Å². The van der Waals surface area contributed by atoms with Crippen LogP contribution >= 0.6 is 11.3 Å². The van der Waals surface area contributed by atoms with Crippen molar-refractivity contribution in [2.24, 2.45) is 4.99 Å². The number of rotatable bonds is 8. The molecule has 2 rings (SSSR count). The summed E-state index contributed by atoms with van der Waals surface area (Å²) in [5.74, 6) is 1.22. The molecule has 0 amide bonds. The van der Waals surface area contributed by atoms with E-state index in [0.29, 0.717) is 30.7 Å². The number of halogens is 3. The number of thiazole rings is 1. The molecule has 1 aromatic heterocycles. The van der Waals surface area contributed by atoms with E-state index in [-0.39, 0.29) is 6.54 Å². The van der Waals surface area contributed by atoms with E-state index < -0.39 is 11.9 Å². The number of ether oxygens (including phenoxy) is 2. The Morgan fingerprint density at radius 2 is 1.85 bits per heavy atom. The molecule has 0 aliphatic heterocycles. The zero-order valence-corrected chi connectivity index (χ0v) is 15.8. The quantitative estimate of drug-likeness (QED) is 0.404. The molecule has 0 saturated heterocycles. The van der Waals surface area contributed by atoms with Crippen molar-refractivity contribution in [3.63, 3.8) is 0 Å². The van der Waals surface area contributed by atoms with Crippen LogP contribution in [-0.4, -0.2) is 38.3 Å². The Kier molecular flexibility index (Phi) is 7.86. The highest BCUT2D eigenvalue weighted by Gasteiger charge is 2.33. The van der Waals surface area contributed by atoms with Crippen LogP contribution in [0.1, 0.15) is 16.3 Å². The number of methoxy groups -OCH3 is 1. The monoisotopic (exact) mass is 402 g/mol. The summed E-state index contributed by atoms with van der Waals surface area (Å²) in [5.41, 5.74) is 0.130. The summed E-state index contributed by atoms with van der Waals surface area (Å²) in [7, 11) is 3.20. The Hall–Kier alpha value is -2.33. The molecular weight excluding hydrogens is 381 g/mol. The lowest BCUT2D eigenvalue weighted by atomic mass is 10.2. The molecular formula is C17H21F3N4O2S. The number of benzene rings is 1. The predicted octanol–water partition coefficient (Wildman–Crippen LogP) is 3.05. The van der Waals surface area contributed by atoms with Gasteiger partial charge in [-0.15, -0.1) is 11.3 Å². The van der Waals surface area contributed by atoms with Crippen LogP contribution in [0.5, 0.6) is 5.75 Å². The van der Waals surface area contributed by atoms with Crippen molar-refractivity contribution in [2.45, 2.75) is 19.3 Å². The van der Waals surface area contributed by atoms with E-state index in [2.05, 4.69) is 20.6 Å². The van der Waals surface area contributed by atoms with Gasteiger partial charge in [0.25, 0.3) is 0 Å². The molecule has 0 aliphatic carbocycles.